The third-order valence-corrected chi connectivity index (χ3v) is 3.96. The zero-order valence-electron chi connectivity index (χ0n) is 9.06. The number of rotatable bonds is 4. The van der Waals surface area contributed by atoms with Crippen LogP contribution in [0.15, 0.2) is 23.1 Å². The monoisotopic (exact) mass is 243 g/mol. The van der Waals surface area contributed by atoms with E-state index < -0.39 is 15.7 Å². The van der Waals surface area contributed by atoms with Gasteiger partial charge in [-0.1, -0.05) is 13.0 Å². The molecule has 0 aromatic heterocycles. The second-order valence-corrected chi connectivity index (χ2v) is 5.32. The highest BCUT2D eigenvalue weighted by molar-refractivity contribution is 7.91. The Labute approximate surface area is 94.1 Å². The van der Waals surface area contributed by atoms with Crippen LogP contribution in [0, 0.1) is 0 Å². The lowest BCUT2D eigenvalue weighted by molar-refractivity contribution is 0.0996. The Bertz CT molecular complexity index is 508. The molecule has 0 aliphatic rings. The van der Waals surface area contributed by atoms with Gasteiger partial charge in [0.05, 0.1) is 18.4 Å². The van der Waals surface area contributed by atoms with Crippen LogP contribution in [0.1, 0.15) is 17.3 Å². The summed E-state index contributed by atoms with van der Waals surface area (Å²) in [5.74, 6) is -0.766. The topological polar surface area (TPSA) is 86.5 Å². The standard InChI is InChI=1S/C10H13NO4S/c1-3-16(13,14)9-7(10(11)12)5-4-6-8(9)15-2/h4-6H,3H2,1-2H3,(H2,11,12). The van der Waals surface area contributed by atoms with Gasteiger partial charge in [-0.25, -0.2) is 8.42 Å². The van der Waals surface area contributed by atoms with Gasteiger partial charge < -0.3 is 10.5 Å². The molecule has 0 heterocycles. The Morgan fingerprint density at radius 2 is 2.06 bits per heavy atom. The number of carbonyl (C=O) groups excluding carboxylic acids is 1. The predicted octanol–water partition coefficient (Wildman–Crippen LogP) is 0.588. The van der Waals surface area contributed by atoms with Crippen LogP contribution < -0.4 is 10.5 Å². The molecular weight excluding hydrogens is 230 g/mol. The van der Waals surface area contributed by atoms with Crippen LogP contribution in [0.3, 0.4) is 0 Å². The van der Waals surface area contributed by atoms with Gasteiger partial charge in [0.2, 0.25) is 5.91 Å². The number of benzene rings is 1. The first kappa shape index (κ1) is 12.5. The molecule has 1 amide bonds. The maximum Gasteiger partial charge on any atom is 0.250 e. The highest BCUT2D eigenvalue weighted by atomic mass is 32.2. The Morgan fingerprint density at radius 1 is 1.44 bits per heavy atom. The van der Waals surface area contributed by atoms with Gasteiger partial charge >= 0.3 is 0 Å². The van der Waals surface area contributed by atoms with E-state index in [0.29, 0.717) is 0 Å². The number of carbonyl (C=O) groups is 1. The molecule has 0 atom stereocenters. The summed E-state index contributed by atoms with van der Waals surface area (Å²) < 4.78 is 28.6. The van der Waals surface area contributed by atoms with Crippen molar-refractivity contribution >= 4 is 15.7 Å². The van der Waals surface area contributed by atoms with Crippen molar-refractivity contribution < 1.29 is 17.9 Å². The maximum absolute atomic E-state index is 11.8. The first-order valence-electron chi connectivity index (χ1n) is 4.63. The summed E-state index contributed by atoms with van der Waals surface area (Å²) in [6, 6.07) is 4.37. The number of amides is 1. The smallest absolute Gasteiger partial charge is 0.250 e. The van der Waals surface area contributed by atoms with E-state index in [-0.39, 0.29) is 22.0 Å². The van der Waals surface area contributed by atoms with Crippen molar-refractivity contribution in [2.24, 2.45) is 5.73 Å². The molecule has 1 rings (SSSR count). The summed E-state index contributed by atoms with van der Waals surface area (Å²) in [7, 11) is -2.20. The lowest BCUT2D eigenvalue weighted by Gasteiger charge is -2.11. The predicted molar refractivity (Wildman–Crippen MR) is 59.2 cm³/mol. The van der Waals surface area contributed by atoms with Crippen molar-refractivity contribution in [2.75, 3.05) is 12.9 Å². The van der Waals surface area contributed by atoms with E-state index in [0.717, 1.165) is 0 Å². The minimum atomic E-state index is -3.54. The third-order valence-electron chi connectivity index (χ3n) is 2.16. The molecule has 0 bridgehead atoms. The zero-order chi connectivity index (χ0) is 12.3. The SMILES string of the molecule is CCS(=O)(=O)c1c(OC)cccc1C(N)=O. The second-order valence-electron chi connectivity index (χ2n) is 3.10. The van der Waals surface area contributed by atoms with E-state index in [4.69, 9.17) is 10.5 Å². The van der Waals surface area contributed by atoms with E-state index in [1.54, 1.807) is 0 Å². The van der Waals surface area contributed by atoms with Crippen LogP contribution in [0.2, 0.25) is 0 Å². The largest absolute Gasteiger partial charge is 0.495 e. The highest BCUT2D eigenvalue weighted by Gasteiger charge is 2.24. The van der Waals surface area contributed by atoms with Gasteiger partial charge in [0.15, 0.2) is 9.84 Å². The molecule has 0 saturated heterocycles. The van der Waals surface area contributed by atoms with Gasteiger partial charge in [-0.2, -0.15) is 0 Å². The number of nitrogens with two attached hydrogens (primary N) is 1. The molecule has 2 N–H and O–H groups in total. The number of ether oxygens (including phenoxy) is 1. The fourth-order valence-electron chi connectivity index (χ4n) is 1.34. The summed E-state index contributed by atoms with van der Waals surface area (Å²) in [6.07, 6.45) is 0. The van der Waals surface area contributed by atoms with Crippen molar-refractivity contribution in [2.45, 2.75) is 11.8 Å². The normalized spacial score (nSPS) is 11.1. The van der Waals surface area contributed by atoms with Crippen molar-refractivity contribution in [3.63, 3.8) is 0 Å². The lowest BCUT2D eigenvalue weighted by Crippen LogP contribution is -2.18. The maximum atomic E-state index is 11.8. The molecule has 5 nitrogen and oxygen atoms in total. The van der Waals surface area contributed by atoms with E-state index in [1.165, 1.54) is 32.2 Å². The number of methoxy groups -OCH3 is 1. The molecule has 0 aliphatic carbocycles. The van der Waals surface area contributed by atoms with Gasteiger partial charge in [0, 0.05) is 0 Å². The fourth-order valence-corrected chi connectivity index (χ4v) is 2.59. The minimum absolute atomic E-state index is 0.0406. The van der Waals surface area contributed by atoms with E-state index in [1.807, 2.05) is 0 Å². The van der Waals surface area contributed by atoms with Crippen LogP contribution in [0.5, 0.6) is 5.75 Å². The van der Waals surface area contributed by atoms with E-state index in [9.17, 15) is 13.2 Å². The molecule has 0 saturated carbocycles. The third kappa shape index (κ3) is 2.16. The second kappa shape index (κ2) is 4.52. The van der Waals surface area contributed by atoms with Gasteiger partial charge in [-0.15, -0.1) is 0 Å². The molecule has 16 heavy (non-hydrogen) atoms. The van der Waals surface area contributed by atoms with Crippen LogP contribution in [0.25, 0.3) is 0 Å². The van der Waals surface area contributed by atoms with Gasteiger partial charge in [-0.05, 0) is 12.1 Å². The molecule has 0 radical (unpaired) electrons. The Kier molecular flexibility index (Phi) is 3.54. The Morgan fingerprint density at radius 3 is 2.50 bits per heavy atom. The highest BCUT2D eigenvalue weighted by Crippen LogP contribution is 2.28. The first-order chi connectivity index (χ1) is 7.44. The summed E-state index contributed by atoms with van der Waals surface area (Å²) in [5.41, 5.74) is 5.09. The van der Waals surface area contributed by atoms with Crippen molar-refractivity contribution in [1.29, 1.82) is 0 Å². The number of sulfone groups is 1. The number of primary amides is 1. The van der Waals surface area contributed by atoms with Crippen LogP contribution in [0.4, 0.5) is 0 Å². The first-order valence-corrected chi connectivity index (χ1v) is 6.28. The molecule has 0 unspecified atom stereocenters. The minimum Gasteiger partial charge on any atom is -0.495 e. The van der Waals surface area contributed by atoms with Crippen molar-refractivity contribution in [1.82, 2.24) is 0 Å². The summed E-state index contributed by atoms with van der Waals surface area (Å²) in [6.45, 7) is 1.49. The molecule has 6 heteroatoms. The molecule has 1 aromatic carbocycles. The molecule has 0 aliphatic heterocycles. The zero-order valence-corrected chi connectivity index (χ0v) is 9.87. The van der Waals surface area contributed by atoms with Crippen LogP contribution >= 0.6 is 0 Å². The van der Waals surface area contributed by atoms with Gasteiger partial charge in [0.1, 0.15) is 10.6 Å². The molecule has 0 spiro atoms. The molecular formula is C10H13NO4S. The average molecular weight is 243 g/mol. The van der Waals surface area contributed by atoms with Gasteiger partial charge in [-0.3, -0.25) is 4.79 Å². The quantitative estimate of drug-likeness (QED) is 0.838. The molecule has 0 fully saturated rings. The van der Waals surface area contributed by atoms with Crippen molar-refractivity contribution in [3.8, 4) is 5.75 Å². The van der Waals surface area contributed by atoms with Crippen molar-refractivity contribution in [3.05, 3.63) is 23.8 Å². The lowest BCUT2D eigenvalue weighted by atomic mass is 10.2. The Balaban J connectivity index is 3.61. The fraction of sp³-hybridized carbons (Fsp3) is 0.300. The van der Waals surface area contributed by atoms with E-state index in [2.05, 4.69) is 0 Å². The Hall–Kier alpha value is -1.56. The number of hydrogen-bond donors (Lipinski definition) is 1. The average Bonchev–Trinajstić information content (AvgIpc) is 2.27. The van der Waals surface area contributed by atoms with Gasteiger partial charge in [0.25, 0.3) is 0 Å². The molecule has 88 valence electrons. The van der Waals surface area contributed by atoms with Crippen LogP contribution in [-0.2, 0) is 9.84 Å². The van der Waals surface area contributed by atoms with Crippen LogP contribution in [-0.4, -0.2) is 27.2 Å². The summed E-state index contributed by atoms with van der Waals surface area (Å²) >= 11 is 0. The van der Waals surface area contributed by atoms with E-state index >= 15 is 0 Å². The summed E-state index contributed by atoms with van der Waals surface area (Å²) in [5, 5.41) is 0. The molecule has 1 aromatic rings. The summed E-state index contributed by atoms with van der Waals surface area (Å²) in [4.78, 5) is 11.0. The number of hydrogen-bond acceptors (Lipinski definition) is 4.